The molecule has 0 atom stereocenters. The van der Waals surface area contributed by atoms with E-state index in [-0.39, 0.29) is 29.0 Å². The maximum atomic E-state index is 15.0. The minimum Gasteiger partial charge on any atom is -0.352 e. The quantitative estimate of drug-likeness (QED) is 0.345. The molecule has 1 heterocycles. The van der Waals surface area contributed by atoms with Crippen LogP contribution >= 0.6 is 11.3 Å². The van der Waals surface area contributed by atoms with E-state index in [1.54, 1.807) is 36.7 Å². The van der Waals surface area contributed by atoms with Gasteiger partial charge in [-0.2, -0.15) is 0 Å². The van der Waals surface area contributed by atoms with Crippen molar-refractivity contribution in [1.29, 1.82) is 0 Å². The molecule has 3 N–H and O–H groups in total. The Morgan fingerprint density at radius 3 is 2.45 bits per heavy atom. The molecular formula is C29H31FN4O3S. The number of amides is 3. The first-order valence-electron chi connectivity index (χ1n) is 13.1. The first-order chi connectivity index (χ1) is 18.4. The predicted molar refractivity (Wildman–Crippen MR) is 146 cm³/mol. The standard InChI is InChI=1S/C29H31FN4O3S/c1-17-23(14-20(15-25(17)30)27(36)33-21-8-9-21)22-10-7-19(26(35)32-16-18-5-3-2-4-6-18)13-24(22)28(37)34-29-31-11-12-38-29/h7,10-15,18,21H,2-6,8-9,16H2,1H3,(H,32,35)(H,33,36)(H,31,34,37). The normalized spacial score (nSPS) is 15.6. The molecule has 0 bridgehead atoms. The second-order valence-electron chi connectivity index (χ2n) is 10.1. The van der Waals surface area contributed by atoms with E-state index < -0.39 is 11.7 Å². The number of halogens is 1. The average Bonchev–Trinajstić information content (AvgIpc) is 3.60. The summed E-state index contributed by atoms with van der Waals surface area (Å²) < 4.78 is 15.0. The molecule has 1 aromatic heterocycles. The van der Waals surface area contributed by atoms with Crippen molar-refractivity contribution in [1.82, 2.24) is 15.6 Å². The highest BCUT2D eigenvalue weighted by Crippen LogP contribution is 2.32. The average molecular weight is 535 g/mol. The highest BCUT2D eigenvalue weighted by Gasteiger charge is 2.26. The predicted octanol–water partition coefficient (Wildman–Crippen LogP) is 5.71. The second kappa shape index (κ2) is 11.4. The smallest absolute Gasteiger partial charge is 0.258 e. The lowest BCUT2D eigenvalue weighted by atomic mass is 9.89. The number of anilines is 1. The molecule has 9 heteroatoms. The van der Waals surface area contributed by atoms with Crippen LogP contribution in [-0.2, 0) is 0 Å². The Kier molecular flexibility index (Phi) is 7.83. The van der Waals surface area contributed by atoms with Gasteiger partial charge in [0.2, 0.25) is 0 Å². The summed E-state index contributed by atoms with van der Waals surface area (Å²) in [5.41, 5.74) is 1.90. The van der Waals surface area contributed by atoms with E-state index in [9.17, 15) is 14.4 Å². The van der Waals surface area contributed by atoms with Crippen molar-refractivity contribution >= 4 is 34.2 Å². The molecule has 3 aromatic rings. The van der Waals surface area contributed by atoms with Crippen molar-refractivity contribution in [2.75, 3.05) is 11.9 Å². The van der Waals surface area contributed by atoms with Crippen molar-refractivity contribution in [2.24, 2.45) is 5.92 Å². The summed E-state index contributed by atoms with van der Waals surface area (Å²) in [7, 11) is 0. The molecule has 0 spiro atoms. The zero-order valence-corrected chi connectivity index (χ0v) is 22.1. The maximum Gasteiger partial charge on any atom is 0.258 e. The molecule has 2 aliphatic carbocycles. The first kappa shape index (κ1) is 26.0. The Labute approximate surface area is 225 Å². The van der Waals surface area contributed by atoms with Crippen molar-refractivity contribution in [3.8, 4) is 11.1 Å². The van der Waals surface area contributed by atoms with E-state index in [1.165, 1.54) is 42.7 Å². The van der Waals surface area contributed by atoms with Gasteiger partial charge in [0, 0.05) is 40.9 Å². The number of aromatic nitrogens is 1. The number of carbonyl (C=O) groups is 3. The van der Waals surface area contributed by atoms with Crippen molar-refractivity contribution in [3.63, 3.8) is 0 Å². The Hall–Kier alpha value is -3.59. The number of hydrogen-bond acceptors (Lipinski definition) is 5. The van der Waals surface area contributed by atoms with Gasteiger partial charge in [-0.25, -0.2) is 9.37 Å². The summed E-state index contributed by atoms with van der Waals surface area (Å²) in [4.78, 5) is 43.3. The minimum absolute atomic E-state index is 0.126. The zero-order valence-electron chi connectivity index (χ0n) is 21.3. The van der Waals surface area contributed by atoms with Gasteiger partial charge in [0.25, 0.3) is 17.7 Å². The van der Waals surface area contributed by atoms with Crippen LogP contribution in [0.2, 0.25) is 0 Å². The molecule has 5 rings (SSSR count). The van der Waals surface area contributed by atoms with Crippen LogP contribution in [0.25, 0.3) is 11.1 Å². The van der Waals surface area contributed by atoms with Crippen LogP contribution in [0.3, 0.4) is 0 Å². The van der Waals surface area contributed by atoms with Gasteiger partial charge in [-0.15, -0.1) is 11.3 Å². The van der Waals surface area contributed by atoms with Crippen LogP contribution in [0.4, 0.5) is 9.52 Å². The van der Waals surface area contributed by atoms with Crippen LogP contribution in [0, 0.1) is 18.7 Å². The summed E-state index contributed by atoms with van der Waals surface area (Å²) in [5.74, 6) is -1.14. The Morgan fingerprint density at radius 1 is 0.947 bits per heavy atom. The lowest BCUT2D eigenvalue weighted by Crippen LogP contribution is -2.30. The van der Waals surface area contributed by atoms with E-state index in [0.29, 0.717) is 39.8 Å². The lowest BCUT2D eigenvalue weighted by Gasteiger charge is -2.22. The Morgan fingerprint density at radius 2 is 1.74 bits per heavy atom. The lowest BCUT2D eigenvalue weighted by molar-refractivity contribution is 0.0938. The van der Waals surface area contributed by atoms with Crippen LogP contribution in [0.5, 0.6) is 0 Å². The molecule has 38 heavy (non-hydrogen) atoms. The van der Waals surface area contributed by atoms with E-state index in [2.05, 4.69) is 20.9 Å². The SMILES string of the molecule is Cc1c(F)cc(C(=O)NC2CC2)cc1-c1ccc(C(=O)NCC2CCCCC2)cc1C(=O)Nc1nccs1. The summed E-state index contributed by atoms with van der Waals surface area (Å²) in [6.07, 6.45) is 9.24. The Bertz CT molecular complexity index is 1350. The fraction of sp³-hybridized carbons (Fsp3) is 0.379. The number of carbonyl (C=O) groups excluding carboxylic acids is 3. The summed E-state index contributed by atoms with van der Waals surface area (Å²) in [5, 5.41) is 10.8. The van der Waals surface area contributed by atoms with Crippen molar-refractivity contribution in [2.45, 2.75) is 57.9 Å². The number of thiazole rings is 1. The summed E-state index contributed by atoms with van der Waals surface area (Å²) in [6.45, 7) is 2.21. The molecule has 2 saturated carbocycles. The van der Waals surface area contributed by atoms with Crippen LogP contribution in [-0.4, -0.2) is 35.3 Å². The number of nitrogens with zero attached hydrogens (tertiary/aromatic N) is 1. The fourth-order valence-corrected chi connectivity index (χ4v) is 5.40. The van der Waals surface area contributed by atoms with Gasteiger partial charge in [-0.3, -0.25) is 19.7 Å². The van der Waals surface area contributed by atoms with E-state index in [1.807, 2.05) is 0 Å². The van der Waals surface area contributed by atoms with Crippen LogP contribution in [0.1, 0.15) is 81.6 Å². The van der Waals surface area contributed by atoms with Gasteiger partial charge < -0.3 is 10.6 Å². The van der Waals surface area contributed by atoms with Gasteiger partial charge in [0.1, 0.15) is 5.82 Å². The third-order valence-corrected chi connectivity index (χ3v) is 7.95. The van der Waals surface area contributed by atoms with E-state index >= 15 is 4.39 Å². The minimum atomic E-state index is -0.538. The molecular weight excluding hydrogens is 503 g/mol. The topological polar surface area (TPSA) is 100 Å². The summed E-state index contributed by atoms with van der Waals surface area (Å²) in [6, 6.07) is 7.77. The molecule has 0 unspecified atom stereocenters. The molecule has 0 radical (unpaired) electrons. The van der Waals surface area contributed by atoms with Crippen molar-refractivity contribution in [3.05, 3.63) is 70.0 Å². The Balaban J connectivity index is 1.48. The van der Waals surface area contributed by atoms with Crippen LogP contribution < -0.4 is 16.0 Å². The highest BCUT2D eigenvalue weighted by molar-refractivity contribution is 7.13. The molecule has 7 nitrogen and oxygen atoms in total. The second-order valence-corrected chi connectivity index (χ2v) is 11.0. The van der Waals surface area contributed by atoms with Gasteiger partial charge in [-0.05, 0) is 79.5 Å². The van der Waals surface area contributed by atoms with Gasteiger partial charge in [0.15, 0.2) is 5.13 Å². The van der Waals surface area contributed by atoms with E-state index in [0.717, 1.165) is 25.7 Å². The highest BCUT2D eigenvalue weighted by atomic mass is 32.1. The van der Waals surface area contributed by atoms with Crippen LogP contribution in [0.15, 0.2) is 41.9 Å². The first-order valence-corrected chi connectivity index (χ1v) is 14.0. The molecule has 2 aromatic carbocycles. The molecule has 0 aliphatic heterocycles. The van der Waals surface area contributed by atoms with Crippen molar-refractivity contribution < 1.29 is 18.8 Å². The number of hydrogen-bond donors (Lipinski definition) is 3. The largest absolute Gasteiger partial charge is 0.352 e. The monoisotopic (exact) mass is 534 g/mol. The summed E-state index contributed by atoms with van der Waals surface area (Å²) >= 11 is 1.27. The number of benzene rings is 2. The molecule has 0 saturated heterocycles. The maximum absolute atomic E-state index is 15.0. The van der Waals surface area contributed by atoms with E-state index in [4.69, 9.17) is 0 Å². The molecule has 2 fully saturated rings. The third-order valence-electron chi connectivity index (χ3n) is 7.26. The van der Waals surface area contributed by atoms with Gasteiger partial charge in [-0.1, -0.05) is 25.3 Å². The fourth-order valence-electron chi connectivity index (χ4n) is 4.87. The van der Waals surface area contributed by atoms with Gasteiger partial charge in [0.05, 0.1) is 0 Å². The third kappa shape index (κ3) is 6.10. The van der Waals surface area contributed by atoms with Gasteiger partial charge >= 0.3 is 0 Å². The molecule has 198 valence electrons. The molecule has 2 aliphatic rings. The zero-order chi connectivity index (χ0) is 26.6. The molecule has 3 amide bonds. The number of nitrogens with one attached hydrogen (secondary N) is 3. The number of rotatable bonds is 8.